The van der Waals surface area contributed by atoms with E-state index in [2.05, 4.69) is 39.0 Å². The lowest BCUT2D eigenvalue weighted by Crippen LogP contribution is -1.92. The molecule has 0 heterocycles. The first-order valence-electron chi connectivity index (χ1n) is 5.27. The average molecular weight is 199 g/mol. The summed E-state index contributed by atoms with van der Waals surface area (Å²) in [7, 11) is 0. The predicted octanol–water partition coefficient (Wildman–Crippen LogP) is 4.02. The minimum Gasteiger partial charge on any atom is -0.192 e. The SMILES string of the molecule is CC(C)=CCC(C)c1cccc(C#N)c1. The Morgan fingerprint density at radius 2 is 2.20 bits per heavy atom. The van der Waals surface area contributed by atoms with Crippen LogP contribution in [-0.4, -0.2) is 0 Å². The molecule has 1 aromatic carbocycles. The van der Waals surface area contributed by atoms with Gasteiger partial charge in [-0.1, -0.05) is 30.7 Å². The summed E-state index contributed by atoms with van der Waals surface area (Å²) in [4.78, 5) is 0. The van der Waals surface area contributed by atoms with E-state index < -0.39 is 0 Å². The van der Waals surface area contributed by atoms with Crippen LogP contribution >= 0.6 is 0 Å². The van der Waals surface area contributed by atoms with Crippen molar-refractivity contribution < 1.29 is 0 Å². The molecule has 0 saturated carbocycles. The topological polar surface area (TPSA) is 23.8 Å². The Hall–Kier alpha value is -1.55. The second-order valence-corrected chi connectivity index (χ2v) is 4.16. The van der Waals surface area contributed by atoms with Crippen LogP contribution in [0.3, 0.4) is 0 Å². The molecule has 0 aliphatic heterocycles. The van der Waals surface area contributed by atoms with Gasteiger partial charge in [-0.2, -0.15) is 5.26 Å². The molecule has 0 radical (unpaired) electrons. The molecule has 1 unspecified atom stereocenters. The van der Waals surface area contributed by atoms with Crippen molar-refractivity contribution >= 4 is 0 Å². The molecule has 1 heteroatoms. The minimum absolute atomic E-state index is 0.480. The van der Waals surface area contributed by atoms with Crippen LogP contribution in [0, 0.1) is 11.3 Å². The normalized spacial score (nSPS) is 11.6. The largest absolute Gasteiger partial charge is 0.192 e. The third-order valence-electron chi connectivity index (χ3n) is 2.46. The summed E-state index contributed by atoms with van der Waals surface area (Å²) < 4.78 is 0. The summed E-state index contributed by atoms with van der Waals surface area (Å²) in [5.74, 6) is 0.480. The summed E-state index contributed by atoms with van der Waals surface area (Å²) in [5, 5.41) is 8.80. The van der Waals surface area contributed by atoms with Gasteiger partial charge in [0.15, 0.2) is 0 Å². The highest BCUT2D eigenvalue weighted by atomic mass is 14.2. The fraction of sp³-hybridized carbons (Fsp3) is 0.357. The molecule has 0 fully saturated rings. The van der Waals surface area contributed by atoms with Gasteiger partial charge in [-0.05, 0) is 43.9 Å². The van der Waals surface area contributed by atoms with Gasteiger partial charge >= 0.3 is 0 Å². The van der Waals surface area contributed by atoms with Gasteiger partial charge in [0, 0.05) is 0 Å². The first-order valence-corrected chi connectivity index (χ1v) is 5.27. The van der Waals surface area contributed by atoms with Crippen molar-refractivity contribution in [3.63, 3.8) is 0 Å². The van der Waals surface area contributed by atoms with Crippen molar-refractivity contribution in [2.45, 2.75) is 33.1 Å². The number of hydrogen-bond donors (Lipinski definition) is 0. The Balaban J connectivity index is 2.78. The Kier molecular flexibility index (Phi) is 4.12. The molecular weight excluding hydrogens is 182 g/mol. The molecule has 0 aliphatic rings. The first-order chi connectivity index (χ1) is 7.13. The average Bonchev–Trinajstić information content (AvgIpc) is 2.26. The molecule has 0 spiro atoms. The second kappa shape index (κ2) is 5.36. The zero-order chi connectivity index (χ0) is 11.3. The van der Waals surface area contributed by atoms with Crippen LogP contribution in [0.25, 0.3) is 0 Å². The van der Waals surface area contributed by atoms with E-state index in [1.165, 1.54) is 11.1 Å². The summed E-state index contributed by atoms with van der Waals surface area (Å²) in [6, 6.07) is 10.0. The maximum atomic E-state index is 8.80. The third kappa shape index (κ3) is 3.59. The maximum absolute atomic E-state index is 8.80. The van der Waals surface area contributed by atoms with Gasteiger partial charge in [0.25, 0.3) is 0 Å². The Bertz CT molecular complexity index is 392. The highest BCUT2D eigenvalue weighted by Gasteiger charge is 2.04. The van der Waals surface area contributed by atoms with Crippen LogP contribution in [0.1, 0.15) is 44.2 Å². The Morgan fingerprint density at radius 3 is 2.80 bits per heavy atom. The monoisotopic (exact) mass is 199 g/mol. The molecule has 0 amide bonds. The number of nitrogens with zero attached hydrogens (tertiary/aromatic N) is 1. The van der Waals surface area contributed by atoms with Crippen LogP contribution < -0.4 is 0 Å². The van der Waals surface area contributed by atoms with Gasteiger partial charge in [-0.3, -0.25) is 0 Å². The predicted molar refractivity (Wildman–Crippen MR) is 63.6 cm³/mol. The Morgan fingerprint density at radius 1 is 1.47 bits per heavy atom. The molecule has 0 aromatic heterocycles. The van der Waals surface area contributed by atoms with Gasteiger partial charge in [0.1, 0.15) is 0 Å². The molecule has 15 heavy (non-hydrogen) atoms. The molecule has 0 aliphatic carbocycles. The molecule has 0 saturated heterocycles. The maximum Gasteiger partial charge on any atom is 0.0991 e. The lowest BCUT2D eigenvalue weighted by atomic mass is 9.95. The van der Waals surface area contributed by atoms with Crippen LogP contribution in [0.4, 0.5) is 0 Å². The lowest BCUT2D eigenvalue weighted by Gasteiger charge is -2.09. The molecular formula is C14H17N. The summed E-state index contributed by atoms with van der Waals surface area (Å²) >= 11 is 0. The Labute approximate surface area is 92.1 Å². The number of benzene rings is 1. The molecule has 0 N–H and O–H groups in total. The summed E-state index contributed by atoms with van der Waals surface area (Å²) in [5.41, 5.74) is 3.33. The molecule has 1 nitrogen and oxygen atoms in total. The van der Waals surface area contributed by atoms with Crippen LogP contribution in [0.15, 0.2) is 35.9 Å². The number of hydrogen-bond acceptors (Lipinski definition) is 1. The van der Waals surface area contributed by atoms with E-state index in [-0.39, 0.29) is 0 Å². The molecule has 1 aromatic rings. The van der Waals surface area contributed by atoms with Gasteiger partial charge in [-0.25, -0.2) is 0 Å². The van der Waals surface area contributed by atoms with E-state index in [1.54, 1.807) is 0 Å². The van der Waals surface area contributed by atoms with Crippen molar-refractivity contribution in [2.75, 3.05) is 0 Å². The van der Waals surface area contributed by atoms with Crippen molar-refractivity contribution in [3.05, 3.63) is 47.0 Å². The standard InChI is InChI=1S/C14H17N/c1-11(2)7-8-12(3)14-6-4-5-13(9-14)10-15/h4-7,9,12H,8H2,1-3H3. The molecule has 0 bridgehead atoms. The van der Waals surface area contributed by atoms with Crippen molar-refractivity contribution in [3.8, 4) is 6.07 Å². The minimum atomic E-state index is 0.480. The van der Waals surface area contributed by atoms with Gasteiger partial charge in [0.05, 0.1) is 11.6 Å². The fourth-order valence-corrected chi connectivity index (χ4v) is 1.46. The van der Waals surface area contributed by atoms with E-state index in [4.69, 9.17) is 5.26 Å². The molecule has 1 rings (SSSR count). The van der Waals surface area contributed by atoms with Crippen molar-refractivity contribution in [1.29, 1.82) is 5.26 Å². The lowest BCUT2D eigenvalue weighted by molar-refractivity contribution is 0.776. The number of nitriles is 1. The first kappa shape index (κ1) is 11.5. The van der Waals surface area contributed by atoms with Gasteiger partial charge < -0.3 is 0 Å². The summed E-state index contributed by atoms with van der Waals surface area (Å²) in [6.07, 6.45) is 3.28. The zero-order valence-electron chi connectivity index (χ0n) is 9.62. The highest BCUT2D eigenvalue weighted by molar-refractivity contribution is 5.34. The van der Waals surface area contributed by atoms with E-state index >= 15 is 0 Å². The third-order valence-corrected chi connectivity index (χ3v) is 2.46. The highest BCUT2D eigenvalue weighted by Crippen LogP contribution is 2.20. The van der Waals surface area contributed by atoms with E-state index in [0.29, 0.717) is 5.92 Å². The number of rotatable bonds is 3. The molecule has 78 valence electrons. The zero-order valence-corrected chi connectivity index (χ0v) is 9.62. The van der Waals surface area contributed by atoms with Crippen molar-refractivity contribution in [1.82, 2.24) is 0 Å². The van der Waals surface area contributed by atoms with Crippen LogP contribution in [-0.2, 0) is 0 Å². The molecule has 1 atom stereocenters. The van der Waals surface area contributed by atoms with E-state index in [9.17, 15) is 0 Å². The summed E-state index contributed by atoms with van der Waals surface area (Å²) in [6.45, 7) is 6.41. The van der Waals surface area contributed by atoms with Crippen molar-refractivity contribution in [2.24, 2.45) is 0 Å². The smallest absolute Gasteiger partial charge is 0.0991 e. The van der Waals surface area contributed by atoms with Crippen LogP contribution in [0.5, 0.6) is 0 Å². The number of allylic oxidation sites excluding steroid dienone is 2. The van der Waals surface area contributed by atoms with E-state index in [0.717, 1.165) is 12.0 Å². The quantitative estimate of drug-likeness (QED) is 0.674. The fourth-order valence-electron chi connectivity index (χ4n) is 1.46. The van der Waals surface area contributed by atoms with Gasteiger partial charge in [0.2, 0.25) is 0 Å². The van der Waals surface area contributed by atoms with E-state index in [1.807, 2.05) is 18.2 Å². The second-order valence-electron chi connectivity index (χ2n) is 4.16. The van der Waals surface area contributed by atoms with Crippen LogP contribution in [0.2, 0.25) is 0 Å². The van der Waals surface area contributed by atoms with Gasteiger partial charge in [-0.15, -0.1) is 0 Å².